The topological polar surface area (TPSA) is 20.3 Å². The third-order valence-corrected chi connectivity index (χ3v) is 1.56. The van der Waals surface area contributed by atoms with Crippen LogP contribution in [0.3, 0.4) is 0 Å². The van der Waals surface area contributed by atoms with Crippen LogP contribution in [0.2, 0.25) is 0 Å². The van der Waals surface area contributed by atoms with Crippen molar-refractivity contribution >= 4 is 15.1 Å². The predicted octanol–water partition coefficient (Wildman–Crippen LogP) is 0.686. The van der Waals surface area contributed by atoms with Gasteiger partial charge >= 0.3 is 0 Å². The SMILES string of the molecule is [3H]PN(C)C(C)C(C)=O. The van der Waals surface area contributed by atoms with E-state index < -0.39 is 0 Å². The molecule has 0 radical (unpaired) electrons. The van der Waals surface area contributed by atoms with Crippen molar-refractivity contribution < 1.29 is 4.79 Å². The maximum Gasteiger partial charge on any atom is 0.146 e. The summed E-state index contributed by atoms with van der Waals surface area (Å²) in [5, 5.41) is 0. The van der Waals surface area contributed by atoms with Crippen molar-refractivity contribution in [3.63, 3.8) is 0 Å². The van der Waals surface area contributed by atoms with Crippen LogP contribution >= 0.6 is 9.34 Å². The molecule has 0 fully saturated rings. The zero-order chi connectivity index (χ0) is 7.44. The van der Waals surface area contributed by atoms with E-state index in [4.69, 9.17) is 1.28 Å². The van der Waals surface area contributed by atoms with Gasteiger partial charge < -0.3 is 0 Å². The molecule has 0 aromatic rings. The quantitative estimate of drug-likeness (QED) is 0.530. The first kappa shape index (κ1) is 6.18. The van der Waals surface area contributed by atoms with Crippen molar-refractivity contribution in [1.29, 1.82) is 1.28 Å². The van der Waals surface area contributed by atoms with Crippen LogP contribution in [-0.4, -0.2) is 24.8 Å². The van der Waals surface area contributed by atoms with Crippen molar-refractivity contribution in [2.24, 2.45) is 0 Å². The van der Waals surface area contributed by atoms with E-state index in [9.17, 15) is 4.79 Å². The molecule has 2 unspecified atom stereocenters. The number of carbonyl (C=O) groups is 1. The minimum absolute atomic E-state index is 0.0328. The summed E-state index contributed by atoms with van der Waals surface area (Å²) in [6.07, 6.45) is 0. The van der Waals surface area contributed by atoms with Crippen LogP contribution in [0.25, 0.3) is 0 Å². The van der Waals surface area contributed by atoms with Gasteiger partial charge in [0.2, 0.25) is 0 Å². The van der Waals surface area contributed by atoms with Gasteiger partial charge in [-0.15, -0.1) is 0 Å². The van der Waals surface area contributed by atoms with Crippen LogP contribution in [0.5, 0.6) is 0 Å². The summed E-state index contributed by atoms with van der Waals surface area (Å²) in [5.41, 5.74) is 0. The van der Waals surface area contributed by atoms with Gasteiger partial charge in [-0.1, -0.05) is 9.34 Å². The summed E-state index contributed by atoms with van der Waals surface area (Å²) in [7, 11) is 1.74. The molecule has 0 aliphatic heterocycles. The Morgan fingerprint density at radius 3 is 2.62 bits per heavy atom. The monoisotopic (exact) mass is 135 g/mol. The molecule has 0 aromatic heterocycles. The molecule has 0 aromatic carbocycles. The maximum absolute atomic E-state index is 10.6. The second kappa shape index (κ2) is 3.16. The highest BCUT2D eigenvalue weighted by atomic mass is 31.0. The maximum atomic E-state index is 10.6. The van der Waals surface area contributed by atoms with Gasteiger partial charge in [0.25, 0.3) is 0 Å². The fourth-order valence-electron chi connectivity index (χ4n) is 0.273. The van der Waals surface area contributed by atoms with Gasteiger partial charge in [-0.2, -0.15) is 0 Å². The molecule has 0 heterocycles. The van der Waals surface area contributed by atoms with Gasteiger partial charge in [0.05, 0.1) is 7.32 Å². The molecule has 0 spiro atoms. The van der Waals surface area contributed by atoms with E-state index in [1.54, 1.807) is 18.6 Å². The van der Waals surface area contributed by atoms with Crippen molar-refractivity contribution in [3.05, 3.63) is 0 Å². The molecule has 0 rings (SSSR count). The second-order valence-electron chi connectivity index (χ2n) is 1.90. The lowest BCUT2D eigenvalue weighted by Crippen LogP contribution is -2.26. The van der Waals surface area contributed by atoms with Gasteiger partial charge in [0, 0.05) is 0 Å². The van der Waals surface area contributed by atoms with E-state index in [2.05, 4.69) is 0 Å². The number of carbonyl (C=O) groups excluding carboxylic acids is 1. The van der Waals surface area contributed by atoms with E-state index in [1.165, 1.54) is 0 Å². The first-order valence-corrected chi connectivity index (χ1v) is 2.95. The third kappa shape index (κ3) is 2.39. The highest BCUT2D eigenvalue weighted by molar-refractivity contribution is 7.13. The lowest BCUT2D eigenvalue weighted by Gasteiger charge is -2.14. The van der Waals surface area contributed by atoms with Crippen molar-refractivity contribution in [1.82, 2.24) is 4.67 Å². The number of nitrogens with zero attached hydrogens (tertiary/aromatic N) is 1. The summed E-state index contributed by atoms with van der Waals surface area (Å²) in [5.74, 6) is 0.122. The van der Waals surface area contributed by atoms with Gasteiger partial charge in [-0.25, -0.2) is 0 Å². The average Bonchev–Trinajstić information content (AvgIpc) is 1.84. The number of ketones is 1. The average molecular weight is 135 g/mol. The van der Waals surface area contributed by atoms with Crippen molar-refractivity contribution in [2.45, 2.75) is 19.9 Å². The zero-order valence-corrected chi connectivity index (χ0v) is 6.43. The molecule has 0 amide bonds. The summed E-state index contributed by atoms with van der Waals surface area (Å²) in [6, 6.07) is -0.0965. The van der Waals surface area contributed by atoms with Crippen LogP contribution in [0.15, 0.2) is 0 Å². The van der Waals surface area contributed by atoms with Gasteiger partial charge in [-0.05, 0) is 20.9 Å². The fourth-order valence-corrected chi connectivity index (χ4v) is 0.455. The van der Waals surface area contributed by atoms with E-state index >= 15 is 0 Å². The van der Waals surface area contributed by atoms with Crippen molar-refractivity contribution in [3.8, 4) is 0 Å². The Bertz CT molecular complexity index is 109. The number of likely N-dealkylation sites (N-methyl/N-ethyl adjacent to an activating group) is 1. The van der Waals surface area contributed by atoms with E-state index in [0.717, 1.165) is 0 Å². The highest BCUT2D eigenvalue weighted by Crippen LogP contribution is 2.01. The molecule has 0 bridgehead atoms. The Labute approximate surface area is 53.8 Å². The molecule has 0 N–H and O–H groups in total. The lowest BCUT2D eigenvalue weighted by molar-refractivity contribution is -0.119. The van der Waals surface area contributed by atoms with E-state index in [-0.39, 0.29) is 21.2 Å². The number of Topliss-reactive ketones (excluding diaryl/α,β-unsaturated/α-hetero) is 1. The summed E-state index contributed by atoms with van der Waals surface area (Å²) in [6.45, 7) is 3.35. The van der Waals surface area contributed by atoms with E-state index in [0.29, 0.717) is 0 Å². The zero-order valence-electron chi connectivity index (χ0n) is 6.43. The number of rotatable bonds is 3. The molecule has 0 aliphatic carbocycles. The predicted molar refractivity (Wildman–Crippen MR) is 37.6 cm³/mol. The Hall–Kier alpha value is 0.0600. The fraction of sp³-hybridized carbons (Fsp3) is 0.800. The normalized spacial score (nSPS) is 17.2. The smallest absolute Gasteiger partial charge is 0.146 e. The molecule has 0 aliphatic rings. The van der Waals surface area contributed by atoms with Gasteiger partial charge in [0.1, 0.15) is 5.78 Å². The van der Waals surface area contributed by atoms with Crippen molar-refractivity contribution in [2.75, 3.05) is 7.05 Å². The molecule has 8 heavy (non-hydrogen) atoms. The number of hydrogen-bond donors (Lipinski definition) is 0. The molecule has 48 valence electrons. The Balaban J connectivity index is 3.72. The first-order valence-electron chi connectivity index (χ1n) is 3.00. The summed E-state index contributed by atoms with van der Waals surface area (Å²) < 4.78 is 8.64. The second-order valence-corrected chi connectivity index (χ2v) is 2.60. The van der Waals surface area contributed by atoms with Gasteiger partial charge in [-0.3, -0.25) is 9.46 Å². The molecule has 0 saturated carbocycles. The summed E-state index contributed by atoms with van der Waals surface area (Å²) in [4.78, 5) is 10.6. The Morgan fingerprint density at radius 1 is 2.00 bits per heavy atom. The first-order chi connectivity index (χ1) is 4.09. The molecule has 2 atom stereocenters. The third-order valence-electron chi connectivity index (χ3n) is 1.17. The van der Waals surface area contributed by atoms with Crippen LogP contribution in [0, 0.1) is 0 Å². The summed E-state index contributed by atoms with van der Waals surface area (Å²) >= 11 is 0. The molecular weight excluding hydrogens is 121 g/mol. The van der Waals surface area contributed by atoms with Crippen LogP contribution in [0.4, 0.5) is 0 Å². The Morgan fingerprint density at radius 2 is 2.50 bits per heavy atom. The minimum Gasteiger partial charge on any atom is -0.298 e. The molecule has 2 nitrogen and oxygen atoms in total. The highest BCUT2D eigenvalue weighted by Gasteiger charge is 2.07. The van der Waals surface area contributed by atoms with Crippen LogP contribution in [-0.2, 0) is 4.79 Å². The molecule has 0 saturated heterocycles. The van der Waals surface area contributed by atoms with Crippen LogP contribution < -0.4 is 0 Å². The molecule has 3 heteroatoms. The standard InChI is InChI=1S/C5H12NOP/c1-4(5(2)7)6(3)8/h4H,8H2,1-3H3/i8T. The van der Waals surface area contributed by atoms with E-state index in [1.807, 2.05) is 6.92 Å². The van der Waals surface area contributed by atoms with Crippen LogP contribution in [0.1, 0.15) is 13.8 Å². The largest absolute Gasteiger partial charge is 0.298 e. The Kier molecular flexibility index (Phi) is 2.44. The molecular formula is C5H12NOP. The van der Waals surface area contributed by atoms with Gasteiger partial charge in [0.15, 0.2) is 0 Å². The lowest BCUT2D eigenvalue weighted by atomic mass is 10.2. The minimum atomic E-state index is -0.0965. The number of hydrogen-bond acceptors (Lipinski definition) is 2.